The highest BCUT2D eigenvalue weighted by atomic mass is 16.2. The summed E-state index contributed by atoms with van der Waals surface area (Å²) in [6.45, 7) is 9.72. The Hall–Kier alpha value is -0.610. The number of nitrogens with zero attached hydrogens (tertiary/aromatic N) is 1. The summed E-state index contributed by atoms with van der Waals surface area (Å²) in [5.41, 5.74) is 0. The van der Waals surface area contributed by atoms with Crippen molar-refractivity contribution in [2.45, 2.75) is 52.0 Å². The second kappa shape index (κ2) is 7.99. The minimum atomic E-state index is 0.0371. The molecule has 2 N–H and O–H groups in total. The predicted molar refractivity (Wildman–Crippen MR) is 82.7 cm³/mol. The number of amides is 1. The third-order valence-electron chi connectivity index (χ3n) is 5.01. The molecule has 2 fully saturated rings. The van der Waals surface area contributed by atoms with E-state index in [0.29, 0.717) is 0 Å². The van der Waals surface area contributed by atoms with E-state index in [4.69, 9.17) is 0 Å². The van der Waals surface area contributed by atoms with Crippen LogP contribution in [0, 0.1) is 11.8 Å². The van der Waals surface area contributed by atoms with Crippen LogP contribution in [0.5, 0.6) is 0 Å². The topological polar surface area (TPSA) is 44.4 Å². The monoisotopic (exact) mass is 281 g/mol. The summed E-state index contributed by atoms with van der Waals surface area (Å²) in [5, 5.41) is 6.46. The maximum atomic E-state index is 12.2. The molecule has 0 aliphatic carbocycles. The zero-order chi connectivity index (χ0) is 14.4. The summed E-state index contributed by atoms with van der Waals surface area (Å²) >= 11 is 0. The number of hydrogen-bond donors (Lipinski definition) is 2. The van der Waals surface area contributed by atoms with Crippen LogP contribution in [0.15, 0.2) is 0 Å². The molecule has 2 saturated heterocycles. The number of piperidine rings is 2. The summed E-state index contributed by atoms with van der Waals surface area (Å²) in [5.74, 6) is 1.79. The van der Waals surface area contributed by atoms with Crippen LogP contribution in [-0.4, -0.2) is 49.6 Å². The van der Waals surface area contributed by atoms with Crippen molar-refractivity contribution in [2.24, 2.45) is 11.8 Å². The van der Waals surface area contributed by atoms with Gasteiger partial charge in [-0.2, -0.15) is 0 Å². The lowest BCUT2D eigenvalue weighted by molar-refractivity contribution is -0.124. The van der Waals surface area contributed by atoms with Gasteiger partial charge in [0.1, 0.15) is 0 Å². The molecule has 0 spiro atoms. The summed E-state index contributed by atoms with van der Waals surface area (Å²) in [6, 6.07) is 0.0371. The molecule has 0 aromatic carbocycles. The number of hydrogen-bond acceptors (Lipinski definition) is 3. The normalized spacial score (nSPS) is 29.3. The lowest BCUT2D eigenvalue weighted by Crippen LogP contribution is -2.50. The Morgan fingerprint density at radius 3 is 2.75 bits per heavy atom. The van der Waals surface area contributed by atoms with Crippen molar-refractivity contribution in [2.75, 3.05) is 32.7 Å². The van der Waals surface area contributed by atoms with Gasteiger partial charge in [-0.1, -0.05) is 20.3 Å². The van der Waals surface area contributed by atoms with Crippen LogP contribution in [0.25, 0.3) is 0 Å². The van der Waals surface area contributed by atoms with Crippen LogP contribution >= 0.6 is 0 Å². The van der Waals surface area contributed by atoms with E-state index in [-0.39, 0.29) is 11.9 Å². The summed E-state index contributed by atoms with van der Waals surface area (Å²) in [6.07, 6.45) is 6.01. The van der Waals surface area contributed by atoms with E-state index < -0.39 is 0 Å². The van der Waals surface area contributed by atoms with Crippen LogP contribution in [0.4, 0.5) is 0 Å². The Morgan fingerprint density at radius 1 is 1.30 bits per heavy atom. The van der Waals surface area contributed by atoms with Gasteiger partial charge in [0.2, 0.25) is 5.91 Å². The van der Waals surface area contributed by atoms with Gasteiger partial charge in [0.05, 0.1) is 6.04 Å². The van der Waals surface area contributed by atoms with E-state index in [2.05, 4.69) is 29.4 Å². The standard InChI is InChI=1S/C16H31N3O/c1-3-14-4-7-17-15(12-14)16(20)18-8-11-19-9-5-13(2)6-10-19/h13-15,17H,3-12H2,1-2H3,(H,18,20). The van der Waals surface area contributed by atoms with Crippen LogP contribution in [-0.2, 0) is 4.79 Å². The quantitative estimate of drug-likeness (QED) is 0.805. The first-order valence-corrected chi connectivity index (χ1v) is 8.42. The number of nitrogens with one attached hydrogen (secondary N) is 2. The van der Waals surface area contributed by atoms with Crippen molar-refractivity contribution in [3.63, 3.8) is 0 Å². The summed E-state index contributed by atoms with van der Waals surface area (Å²) < 4.78 is 0. The minimum Gasteiger partial charge on any atom is -0.353 e. The smallest absolute Gasteiger partial charge is 0.237 e. The maximum absolute atomic E-state index is 12.2. The molecule has 2 heterocycles. The molecule has 2 aliphatic rings. The largest absolute Gasteiger partial charge is 0.353 e. The van der Waals surface area contributed by atoms with Crippen molar-refractivity contribution >= 4 is 5.91 Å². The fourth-order valence-corrected chi connectivity index (χ4v) is 3.31. The van der Waals surface area contributed by atoms with E-state index in [1.807, 2.05) is 0 Å². The predicted octanol–water partition coefficient (Wildman–Crippen LogP) is 1.61. The van der Waals surface area contributed by atoms with Gasteiger partial charge in [0.15, 0.2) is 0 Å². The fourth-order valence-electron chi connectivity index (χ4n) is 3.31. The number of carbonyl (C=O) groups is 1. The first-order valence-electron chi connectivity index (χ1n) is 8.42. The summed E-state index contributed by atoms with van der Waals surface area (Å²) in [4.78, 5) is 14.6. The first kappa shape index (κ1) is 15.8. The summed E-state index contributed by atoms with van der Waals surface area (Å²) in [7, 11) is 0. The third-order valence-corrected chi connectivity index (χ3v) is 5.01. The lowest BCUT2D eigenvalue weighted by Gasteiger charge is -2.31. The highest BCUT2D eigenvalue weighted by Gasteiger charge is 2.25. The molecule has 0 saturated carbocycles. The van der Waals surface area contributed by atoms with Gasteiger partial charge in [-0.25, -0.2) is 0 Å². The van der Waals surface area contributed by atoms with Gasteiger partial charge in [-0.05, 0) is 57.2 Å². The fraction of sp³-hybridized carbons (Fsp3) is 0.938. The zero-order valence-corrected chi connectivity index (χ0v) is 13.2. The molecular weight excluding hydrogens is 250 g/mol. The molecule has 2 atom stereocenters. The van der Waals surface area contributed by atoms with Gasteiger partial charge in [-0.15, -0.1) is 0 Å². The molecule has 4 nitrogen and oxygen atoms in total. The third kappa shape index (κ3) is 4.74. The van der Waals surface area contributed by atoms with Gasteiger partial charge in [0, 0.05) is 13.1 Å². The highest BCUT2D eigenvalue weighted by molar-refractivity contribution is 5.81. The zero-order valence-electron chi connectivity index (χ0n) is 13.2. The first-order chi connectivity index (χ1) is 9.69. The Labute approximate surface area is 123 Å². The molecule has 0 bridgehead atoms. The number of likely N-dealkylation sites (tertiary alicyclic amines) is 1. The Morgan fingerprint density at radius 2 is 2.05 bits per heavy atom. The van der Waals surface area contributed by atoms with Gasteiger partial charge in [-0.3, -0.25) is 4.79 Å². The second-order valence-corrected chi connectivity index (χ2v) is 6.62. The average Bonchev–Trinajstić information content (AvgIpc) is 2.49. The molecule has 2 rings (SSSR count). The maximum Gasteiger partial charge on any atom is 0.237 e. The molecule has 116 valence electrons. The van der Waals surface area contributed by atoms with E-state index >= 15 is 0 Å². The van der Waals surface area contributed by atoms with E-state index in [1.165, 1.54) is 38.8 Å². The molecule has 0 aromatic rings. The minimum absolute atomic E-state index is 0.0371. The Bertz CT molecular complexity index is 300. The number of carbonyl (C=O) groups excluding carboxylic acids is 1. The van der Waals surface area contributed by atoms with Crippen molar-refractivity contribution in [1.29, 1.82) is 0 Å². The van der Waals surface area contributed by atoms with Crippen molar-refractivity contribution < 1.29 is 4.79 Å². The Balaban J connectivity index is 1.62. The SMILES string of the molecule is CCC1CCNC(C(=O)NCCN2CCC(C)CC2)C1. The van der Waals surface area contributed by atoms with Gasteiger partial charge >= 0.3 is 0 Å². The van der Waals surface area contributed by atoms with Gasteiger partial charge in [0.25, 0.3) is 0 Å². The molecule has 0 radical (unpaired) electrons. The van der Waals surface area contributed by atoms with Crippen LogP contribution < -0.4 is 10.6 Å². The molecular formula is C16H31N3O. The average molecular weight is 281 g/mol. The van der Waals surface area contributed by atoms with E-state index in [1.54, 1.807) is 0 Å². The van der Waals surface area contributed by atoms with Crippen LogP contribution in [0.2, 0.25) is 0 Å². The van der Waals surface area contributed by atoms with Crippen molar-refractivity contribution in [3.8, 4) is 0 Å². The number of rotatable bonds is 5. The molecule has 2 unspecified atom stereocenters. The van der Waals surface area contributed by atoms with Crippen LogP contribution in [0.1, 0.15) is 46.0 Å². The highest BCUT2D eigenvalue weighted by Crippen LogP contribution is 2.19. The lowest BCUT2D eigenvalue weighted by atomic mass is 9.90. The molecule has 1 amide bonds. The second-order valence-electron chi connectivity index (χ2n) is 6.62. The molecule has 0 aromatic heterocycles. The van der Waals surface area contributed by atoms with Crippen LogP contribution in [0.3, 0.4) is 0 Å². The van der Waals surface area contributed by atoms with E-state index in [0.717, 1.165) is 37.9 Å². The van der Waals surface area contributed by atoms with Crippen molar-refractivity contribution in [1.82, 2.24) is 15.5 Å². The molecule has 2 aliphatic heterocycles. The van der Waals surface area contributed by atoms with Gasteiger partial charge < -0.3 is 15.5 Å². The Kier molecular flexibility index (Phi) is 6.30. The molecule has 4 heteroatoms. The van der Waals surface area contributed by atoms with E-state index in [9.17, 15) is 4.79 Å². The van der Waals surface area contributed by atoms with Crippen molar-refractivity contribution in [3.05, 3.63) is 0 Å². The molecule has 20 heavy (non-hydrogen) atoms.